The van der Waals surface area contributed by atoms with Gasteiger partial charge in [0.15, 0.2) is 0 Å². The molecule has 0 radical (unpaired) electrons. The summed E-state index contributed by atoms with van der Waals surface area (Å²) in [5.74, 6) is -0.219. The van der Waals surface area contributed by atoms with Crippen LogP contribution in [0.5, 0.6) is 0 Å². The van der Waals surface area contributed by atoms with Crippen molar-refractivity contribution in [3.8, 4) is 0 Å². The van der Waals surface area contributed by atoms with Gasteiger partial charge in [0, 0.05) is 12.2 Å². The van der Waals surface area contributed by atoms with Crippen molar-refractivity contribution < 1.29 is 9.53 Å². The van der Waals surface area contributed by atoms with E-state index in [1.165, 1.54) is 12.7 Å². The average Bonchev–Trinajstić information content (AvgIpc) is 2.27. The Balaban J connectivity index is 2.22. The molecule has 4 nitrogen and oxygen atoms in total. The summed E-state index contributed by atoms with van der Waals surface area (Å²) >= 11 is 0. The summed E-state index contributed by atoms with van der Waals surface area (Å²) < 4.78 is 4.70. The largest absolute Gasteiger partial charge is 0.468 e. The molecule has 1 aromatic rings. The first-order chi connectivity index (χ1) is 7.20. The van der Waals surface area contributed by atoms with Crippen LogP contribution in [0, 0.1) is 0 Å². The lowest BCUT2D eigenvalue weighted by molar-refractivity contribution is -0.143. The Bertz CT molecular complexity index is 390. The van der Waals surface area contributed by atoms with Crippen molar-refractivity contribution in [1.82, 2.24) is 5.32 Å². The van der Waals surface area contributed by atoms with Gasteiger partial charge in [0.1, 0.15) is 6.04 Å². The Labute approximate surface area is 88.4 Å². The van der Waals surface area contributed by atoms with Crippen LogP contribution in [-0.2, 0) is 22.5 Å². The third kappa shape index (κ3) is 1.94. The number of rotatable bonds is 1. The number of hydrogen-bond donors (Lipinski definition) is 2. The van der Waals surface area contributed by atoms with E-state index in [1.54, 1.807) is 0 Å². The first-order valence-corrected chi connectivity index (χ1v) is 4.89. The van der Waals surface area contributed by atoms with E-state index in [-0.39, 0.29) is 12.0 Å². The van der Waals surface area contributed by atoms with Gasteiger partial charge in [-0.1, -0.05) is 6.07 Å². The summed E-state index contributed by atoms with van der Waals surface area (Å²) in [6.07, 6.45) is 0.646. The molecule has 1 heterocycles. The highest BCUT2D eigenvalue weighted by Gasteiger charge is 2.24. The van der Waals surface area contributed by atoms with Crippen LogP contribution in [0.2, 0.25) is 0 Å². The third-order valence-electron chi connectivity index (χ3n) is 2.68. The number of hydrogen-bond acceptors (Lipinski definition) is 4. The number of nitrogens with one attached hydrogen (secondary N) is 1. The van der Waals surface area contributed by atoms with Crippen LogP contribution < -0.4 is 11.1 Å². The fourth-order valence-corrected chi connectivity index (χ4v) is 1.84. The van der Waals surface area contributed by atoms with Crippen molar-refractivity contribution in [2.75, 3.05) is 12.8 Å². The second-order valence-electron chi connectivity index (χ2n) is 3.69. The van der Waals surface area contributed by atoms with Crippen LogP contribution >= 0.6 is 0 Å². The minimum Gasteiger partial charge on any atom is -0.468 e. The van der Waals surface area contributed by atoms with Gasteiger partial charge < -0.3 is 15.8 Å². The zero-order chi connectivity index (χ0) is 10.8. The fourth-order valence-electron chi connectivity index (χ4n) is 1.84. The number of fused-ring (bicyclic) bond motifs is 1. The lowest BCUT2D eigenvalue weighted by atomic mass is 9.95. The topological polar surface area (TPSA) is 64.3 Å². The Morgan fingerprint density at radius 2 is 2.33 bits per heavy atom. The highest BCUT2D eigenvalue weighted by molar-refractivity contribution is 5.76. The van der Waals surface area contributed by atoms with Gasteiger partial charge in [-0.15, -0.1) is 0 Å². The quantitative estimate of drug-likeness (QED) is 0.517. The predicted octanol–water partition coefficient (Wildman–Crippen LogP) is 0.456. The Morgan fingerprint density at radius 1 is 1.53 bits per heavy atom. The van der Waals surface area contributed by atoms with Crippen molar-refractivity contribution in [1.29, 1.82) is 0 Å². The molecule has 0 bridgehead atoms. The van der Waals surface area contributed by atoms with Gasteiger partial charge >= 0.3 is 5.97 Å². The zero-order valence-corrected chi connectivity index (χ0v) is 8.62. The van der Waals surface area contributed by atoms with E-state index in [1.807, 2.05) is 18.2 Å². The first-order valence-electron chi connectivity index (χ1n) is 4.89. The summed E-state index contributed by atoms with van der Waals surface area (Å²) in [6.45, 7) is 0.690. The highest BCUT2D eigenvalue weighted by atomic mass is 16.5. The number of nitrogens with two attached hydrogens (primary N) is 1. The summed E-state index contributed by atoms with van der Waals surface area (Å²) in [5.41, 5.74) is 8.76. The molecule has 3 N–H and O–H groups in total. The van der Waals surface area contributed by atoms with Crippen molar-refractivity contribution >= 4 is 11.7 Å². The molecular weight excluding hydrogens is 192 g/mol. The van der Waals surface area contributed by atoms with Crippen LogP contribution in [-0.4, -0.2) is 19.1 Å². The van der Waals surface area contributed by atoms with Crippen LogP contribution in [0.25, 0.3) is 0 Å². The Kier molecular flexibility index (Phi) is 2.60. The Morgan fingerprint density at radius 3 is 3.07 bits per heavy atom. The van der Waals surface area contributed by atoms with Crippen molar-refractivity contribution in [3.05, 3.63) is 29.3 Å². The minimum atomic E-state index is -0.246. The smallest absolute Gasteiger partial charge is 0.323 e. The number of benzene rings is 1. The van der Waals surface area contributed by atoms with Crippen molar-refractivity contribution in [2.45, 2.75) is 19.0 Å². The second kappa shape index (κ2) is 3.90. The summed E-state index contributed by atoms with van der Waals surface area (Å²) in [6, 6.07) is 5.54. The normalized spacial score (nSPS) is 19.4. The molecule has 0 fully saturated rings. The minimum absolute atomic E-state index is 0.219. The first kappa shape index (κ1) is 9.98. The van der Waals surface area contributed by atoms with E-state index in [2.05, 4.69) is 5.32 Å². The van der Waals surface area contributed by atoms with E-state index in [0.717, 1.165) is 11.3 Å². The highest BCUT2D eigenvalue weighted by Crippen LogP contribution is 2.19. The zero-order valence-electron chi connectivity index (χ0n) is 8.62. The van der Waals surface area contributed by atoms with E-state index in [9.17, 15) is 4.79 Å². The van der Waals surface area contributed by atoms with Gasteiger partial charge in [0.05, 0.1) is 7.11 Å². The molecule has 15 heavy (non-hydrogen) atoms. The standard InChI is InChI=1S/C11H14N2O2/c1-15-11(14)10-5-8-4-9(12)3-2-7(8)6-13-10/h2-4,10,13H,5-6,12H2,1H3. The van der Waals surface area contributed by atoms with Crippen LogP contribution in [0.1, 0.15) is 11.1 Å². The number of methoxy groups -OCH3 is 1. The van der Waals surface area contributed by atoms with Gasteiger partial charge in [-0.3, -0.25) is 4.79 Å². The van der Waals surface area contributed by atoms with Gasteiger partial charge in [0.2, 0.25) is 0 Å². The summed E-state index contributed by atoms with van der Waals surface area (Å²) in [5, 5.41) is 3.13. The lowest BCUT2D eigenvalue weighted by Crippen LogP contribution is -2.42. The third-order valence-corrected chi connectivity index (χ3v) is 2.68. The summed E-state index contributed by atoms with van der Waals surface area (Å²) in [4.78, 5) is 11.3. The maximum Gasteiger partial charge on any atom is 0.323 e. The van der Waals surface area contributed by atoms with E-state index in [0.29, 0.717) is 13.0 Å². The summed E-state index contributed by atoms with van der Waals surface area (Å²) in [7, 11) is 1.40. The molecule has 0 aromatic heterocycles. The van der Waals surface area contributed by atoms with Gasteiger partial charge in [-0.2, -0.15) is 0 Å². The van der Waals surface area contributed by atoms with Crippen LogP contribution in [0.15, 0.2) is 18.2 Å². The molecule has 0 spiro atoms. The Hall–Kier alpha value is -1.55. The monoisotopic (exact) mass is 206 g/mol. The van der Waals surface area contributed by atoms with E-state index < -0.39 is 0 Å². The molecular formula is C11H14N2O2. The van der Waals surface area contributed by atoms with E-state index in [4.69, 9.17) is 10.5 Å². The molecule has 4 heteroatoms. The number of nitrogen functional groups attached to an aromatic ring is 1. The second-order valence-corrected chi connectivity index (χ2v) is 3.69. The van der Waals surface area contributed by atoms with Gasteiger partial charge in [-0.25, -0.2) is 0 Å². The molecule has 0 saturated carbocycles. The number of esters is 1. The maximum absolute atomic E-state index is 11.3. The molecule has 1 aromatic carbocycles. The molecule has 0 aliphatic carbocycles. The van der Waals surface area contributed by atoms with Crippen LogP contribution in [0.3, 0.4) is 0 Å². The lowest BCUT2D eigenvalue weighted by Gasteiger charge is -2.24. The molecule has 0 saturated heterocycles. The SMILES string of the molecule is COC(=O)C1Cc2cc(N)ccc2CN1. The van der Waals surface area contributed by atoms with Crippen molar-refractivity contribution in [3.63, 3.8) is 0 Å². The van der Waals surface area contributed by atoms with Gasteiger partial charge in [0.25, 0.3) is 0 Å². The van der Waals surface area contributed by atoms with Gasteiger partial charge in [-0.05, 0) is 29.7 Å². The van der Waals surface area contributed by atoms with Crippen molar-refractivity contribution in [2.24, 2.45) is 0 Å². The molecule has 0 amide bonds. The number of carbonyl (C=O) groups excluding carboxylic acids is 1. The van der Waals surface area contributed by atoms with Crippen LogP contribution in [0.4, 0.5) is 5.69 Å². The number of carbonyl (C=O) groups is 1. The molecule has 1 unspecified atom stereocenters. The average molecular weight is 206 g/mol. The molecule has 80 valence electrons. The molecule has 1 aliphatic rings. The molecule has 1 aliphatic heterocycles. The van der Waals surface area contributed by atoms with E-state index >= 15 is 0 Å². The maximum atomic E-state index is 11.3. The fraction of sp³-hybridized carbons (Fsp3) is 0.364. The number of anilines is 1. The molecule has 1 atom stereocenters. The number of ether oxygens (including phenoxy) is 1. The predicted molar refractivity (Wildman–Crippen MR) is 57.2 cm³/mol. The molecule has 2 rings (SSSR count).